The van der Waals surface area contributed by atoms with Crippen LogP contribution >= 0.6 is 11.3 Å². The first kappa shape index (κ1) is 18.4. The van der Waals surface area contributed by atoms with Crippen molar-refractivity contribution in [1.29, 1.82) is 0 Å². The van der Waals surface area contributed by atoms with E-state index in [9.17, 15) is 0 Å². The number of hydrogen-bond donors (Lipinski definition) is 0. The van der Waals surface area contributed by atoms with Gasteiger partial charge in [-0.05, 0) is 48.2 Å². The van der Waals surface area contributed by atoms with E-state index >= 15 is 0 Å². The third kappa shape index (κ3) is 3.93. The van der Waals surface area contributed by atoms with Crippen LogP contribution in [0.2, 0.25) is 0 Å². The number of rotatable bonds is 6. The number of benzene rings is 2. The van der Waals surface area contributed by atoms with Crippen LogP contribution in [0.25, 0.3) is 21.0 Å². The summed E-state index contributed by atoms with van der Waals surface area (Å²) in [6, 6.07) is 19.0. The summed E-state index contributed by atoms with van der Waals surface area (Å²) >= 11 is 1.82. The minimum Gasteiger partial charge on any atom is -0.493 e. The van der Waals surface area contributed by atoms with Crippen LogP contribution in [0.15, 0.2) is 66.2 Å². The molecular formula is C24H25N3OS. The molecule has 2 aromatic heterocycles. The monoisotopic (exact) mass is 403 g/mol. The van der Waals surface area contributed by atoms with Crippen molar-refractivity contribution in [3.63, 3.8) is 0 Å². The maximum Gasteiger partial charge on any atom is 0.130 e. The van der Waals surface area contributed by atoms with Gasteiger partial charge < -0.3 is 9.64 Å². The van der Waals surface area contributed by atoms with Crippen molar-refractivity contribution in [1.82, 2.24) is 9.88 Å². The topological polar surface area (TPSA) is 28.6 Å². The molecule has 0 saturated carbocycles. The number of hydrogen-bond acceptors (Lipinski definition) is 5. The van der Waals surface area contributed by atoms with E-state index in [1.807, 2.05) is 41.8 Å². The van der Waals surface area contributed by atoms with Crippen molar-refractivity contribution in [2.75, 3.05) is 44.2 Å². The fourth-order valence-corrected chi connectivity index (χ4v) is 4.94. The Kier molecular flexibility index (Phi) is 5.33. The molecule has 5 rings (SSSR count). The van der Waals surface area contributed by atoms with Crippen LogP contribution in [-0.4, -0.2) is 49.2 Å². The average Bonchev–Trinajstić information content (AvgIpc) is 3.26. The van der Waals surface area contributed by atoms with Crippen molar-refractivity contribution >= 4 is 38.0 Å². The summed E-state index contributed by atoms with van der Waals surface area (Å²) in [7, 11) is 0. The molecule has 5 heteroatoms. The predicted octanol–water partition coefficient (Wildman–Crippen LogP) is 5.04. The maximum atomic E-state index is 6.06. The molecule has 4 nitrogen and oxygen atoms in total. The maximum absolute atomic E-state index is 6.06. The molecule has 0 N–H and O–H groups in total. The molecule has 0 bridgehead atoms. The SMILES string of the molecule is c1ccc2c(OCCCN3CCN(c4cccc5sccc45)CC3)ccnc2c1. The van der Waals surface area contributed by atoms with E-state index in [-0.39, 0.29) is 0 Å². The second kappa shape index (κ2) is 8.39. The van der Waals surface area contributed by atoms with E-state index in [1.54, 1.807) is 0 Å². The first-order valence-electron chi connectivity index (χ1n) is 10.3. The van der Waals surface area contributed by atoms with Gasteiger partial charge in [0, 0.05) is 60.1 Å². The van der Waals surface area contributed by atoms with Gasteiger partial charge in [0.2, 0.25) is 0 Å². The number of fused-ring (bicyclic) bond motifs is 2. The lowest BCUT2D eigenvalue weighted by atomic mass is 10.2. The highest BCUT2D eigenvalue weighted by Gasteiger charge is 2.18. The summed E-state index contributed by atoms with van der Waals surface area (Å²) in [5, 5.41) is 4.67. The summed E-state index contributed by atoms with van der Waals surface area (Å²) in [4.78, 5) is 9.49. The standard InChI is InChI=1S/C24H25N3OS/c1-2-6-21-19(5-1)23(9-11-25-21)28-17-4-12-26-13-15-27(16-14-26)22-7-3-8-24-20(22)10-18-29-24/h1-3,5-11,18H,4,12-17H2. The van der Waals surface area contributed by atoms with Crippen molar-refractivity contribution in [2.45, 2.75) is 6.42 Å². The quantitative estimate of drug-likeness (QED) is 0.422. The smallest absolute Gasteiger partial charge is 0.130 e. The Morgan fingerprint density at radius 2 is 1.79 bits per heavy atom. The molecule has 0 spiro atoms. The number of thiophene rings is 1. The van der Waals surface area contributed by atoms with Crippen molar-refractivity contribution < 1.29 is 4.74 Å². The summed E-state index contributed by atoms with van der Waals surface area (Å²) in [5.74, 6) is 0.935. The molecule has 29 heavy (non-hydrogen) atoms. The van der Waals surface area contributed by atoms with E-state index < -0.39 is 0 Å². The van der Waals surface area contributed by atoms with E-state index in [4.69, 9.17) is 4.74 Å². The third-order valence-corrected chi connectivity index (χ3v) is 6.55. The van der Waals surface area contributed by atoms with Gasteiger partial charge >= 0.3 is 0 Å². The van der Waals surface area contributed by atoms with E-state index in [0.29, 0.717) is 0 Å². The molecule has 1 aliphatic rings. The fourth-order valence-electron chi connectivity index (χ4n) is 4.13. The van der Waals surface area contributed by atoms with Gasteiger partial charge in [-0.25, -0.2) is 0 Å². The zero-order valence-electron chi connectivity index (χ0n) is 16.5. The molecule has 0 radical (unpaired) electrons. The number of ether oxygens (including phenoxy) is 1. The third-order valence-electron chi connectivity index (χ3n) is 5.67. The Balaban J connectivity index is 1.12. The van der Waals surface area contributed by atoms with Crippen LogP contribution in [-0.2, 0) is 0 Å². The number of nitrogens with zero attached hydrogens (tertiary/aromatic N) is 3. The van der Waals surface area contributed by atoms with Gasteiger partial charge in [-0.3, -0.25) is 9.88 Å². The van der Waals surface area contributed by atoms with Crippen LogP contribution in [0.3, 0.4) is 0 Å². The Labute approximate surface area is 175 Å². The van der Waals surface area contributed by atoms with Crippen LogP contribution in [0, 0.1) is 0 Å². The van der Waals surface area contributed by atoms with Crippen LogP contribution < -0.4 is 9.64 Å². The fraction of sp³-hybridized carbons (Fsp3) is 0.292. The largest absolute Gasteiger partial charge is 0.493 e. The minimum absolute atomic E-state index is 0.739. The van der Waals surface area contributed by atoms with Gasteiger partial charge in [0.25, 0.3) is 0 Å². The molecule has 1 saturated heterocycles. The first-order valence-corrected chi connectivity index (χ1v) is 11.2. The average molecular weight is 404 g/mol. The van der Waals surface area contributed by atoms with Gasteiger partial charge in [-0.1, -0.05) is 18.2 Å². The molecule has 0 amide bonds. The normalized spacial score (nSPS) is 15.2. The summed E-state index contributed by atoms with van der Waals surface area (Å²) in [6.45, 7) is 6.22. The van der Waals surface area contributed by atoms with Gasteiger partial charge in [-0.2, -0.15) is 0 Å². The number of aromatic nitrogens is 1. The van der Waals surface area contributed by atoms with E-state index in [0.717, 1.165) is 62.4 Å². The molecule has 148 valence electrons. The Morgan fingerprint density at radius 1 is 0.897 bits per heavy atom. The lowest BCUT2D eigenvalue weighted by Crippen LogP contribution is -2.46. The summed E-state index contributed by atoms with van der Waals surface area (Å²) < 4.78 is 7.44. The molecule has 4 aromatic rings. The number of piperazine rings is 1. The number of pyridine rings is 1. The zero-order valence-corrected chi connectivity index (χ0v) is 17.3. The molecule has 1 aliphatic heterocycles. The van der Waals surface area contributed by atoms with Crippen molar-refractivity contribution in [3.05, 3.63) is 66.2 Å². The molecule has 2 aromatic carbocycles. The van der Waals surface area contributed by atoms with Crippen molar-refractivity contribution in [2.24, 2.45) is 0 Å². The zero-order chi connectivity index (χ0) is 19.5. The van der Waals surface area contributed by atoms with Gasteiger partial charge in [0.1, 0.15) is 5.75 Å². The van der Waals surface area contributed by atoms with Crippen LogP contribution in [0.1, 0.15) is 6.42 Å². The highest BCUT2D eigenvalue weighted by molar-refractivity contribution is 7.17. The van der Waals surface area contributed by atoms with E-state index in [1.165, 1.54) is 15.8 Å². The Morgan fingerprint density at radius 3 is 2.72 bits per heavy atom. The highest BCUT2D eigenvalue weighted by Crippen LogP contribution is 2.31. The Bertz CT molecular complexity index is 1100. The van der Waals surface area contributed by atoms with Gasteiger partial charge in [-0.15, -0.1) is 11.3 Å². The molecule has 0 atom stereocenters. The number of anilines is 1. The van der Waals surface area contributed by atoms with Crippen molar-refractivity contribution in [3.8, 4) is 5.75 Å². The van der Waals surface area contributed by atoms with Crippen LogP contribution in [0.5, 0.6) is 5.75 Å². The van der Waals surface area contributed by atoms with Gasteiger partial charge in [0.15, 0.2) is 0 Å². The molecule has 0 unspecified atom stereocenters. The lowest BCUT2D eigenvalue weighted by molar-refractivity contribution is 0.225. The predicted molar refractivity (Wildman–Crippen MR) is 122 cm³/mol. The van der Waals surface area contributed by atoms with Crippen LogP contribution in [0.4, 0.5) is 5.69 Å². The molecule has 3 heterocycles. The summed E-state index contributed by atoms with van der Waals surface area (Å²) in [6.07, 6.45) is 2.86. The van der Waals surface area contributed by atoms with E-state index in [2.05, 4.69) is 50.5 Å². The molecule has 0 aliphatic carbocycles. The second-order valence-corrected chi connectivity index (χ2v) is 8.41. The molecule has 1 fully saturated rings. The minimum atomic E-state index is 0.739. The summed E-state index contributed by atoms with van der Waals surface area (Å²) in [5.41, 5.74) is 2.37. The Hall–Kier alpha value is -2.63. The van der Waals surface area contributed by atoms with Gasteiger partial charge in [0.05, 0.1) is 12.1 Å². The molecular weight excluding hydrogens is 378 g/mol. The second-order valence-electron chi connectivity index (χ2n) is 7.47. The highest BCUT2D eigenvalue weighted by atomic mass is 32.1. The first-order chi connectivity index (χ1) is 14.4. The number of para-hydroxylation sites is 1. The lowest BCUT2D eigenvalue weighted by Gasteiger charge is -2.36.